The minimum atomic E-state index is -0.389. The first kappa shape index (κ1) is 9.37. The molecule has 1 rings (SSSR count). The molecule has 70 valence electrons. The quantitative estimate of drug-likeness (QED) is 0.316. The van der Waals surface area contributed by atoms with Gasteiger partial charge in [-0.15, -0.1) is 0 Å². The van der Waals surface area contributed by atoms with Gasteiger partial charge in [-0.1, -0.05) is 5.22 Å². The van der Waals surface area contributed by atoms with Crippen LogP contribution in [0.4, 0.5) is 0 Å². The summed E-state index contributed by atoms with van der Waals surface area (Å²) in [6.07, 6.45) is -0.389. The number of nitrogens with two attached hydrogens (primary N) is 2. The Balaban J connectivity index is 2.47. The number of ether oxygens (including phenoxy) is 1. The molecule has 0 aliphatic carbocycles. The lowest BCUT2D eigenvalue weighted by molar-refractivity contribution is -0.00331. The number of morpholine rings is 1. The second-order valence-corrected chi connectivity index (χ2v) is 2.84. The van der Waals surface area contributed by atoms with E-state index in [2.05, 4.69) is 15.2 Å². The maximum atomic E-state index is 5.69. The molecule has 6 nitrogen and oxygen atoms in total. The summed E-state index contributed by atoms with van der Waals surface area (Å²) in [5.41, 5.74) is 5.69. The van der Waals surface area contributed by atoms with Crippen molar-refractivity contribution in [1.82, 2.24) is 4.90 Å². The molecule has 6 heteroatoms. The molecule has 0 spiro atoms. The van der Waals surface area contributed by atoms with Crippen molar-refractivity contribution in [2.24, 2.45) is 21.9 Å². The van der Waals surface area contributed by atoms with Gasteiger partial charge in [0.1, 0.15) is 6.17 Å². The largest absolute Gasteiger partial charge is 0.378 e. The standard InChI is InChI=1S/C6H15N5O/c1-11-2-3-12-4-5(11)6(7)9-10-8/h5-6H,2-4,7H2,1H3,(H2,8,9). The monoisotopic (exact) mass is 173 g/mol. The fraction of sp³-hybridized carbons (Fsp3) is 1.00. The Morgan fingerprint density at radius 3 is 3.00 bits per heavy atom. The van der Waals surface area contributed by atoms with Gasteiger partial charge in [-0.3, -0.25) is 4.90 Å². The zero-order chi connectivity index (χ0) is 8.97. The summed E-state index contributed by atoms with van der Waals surface area (Å²) in [7, 11) is 1.99. The summed E-state index contributed by atoms with van der Waals surface area (Å²) >= 11 is 0. The van der Waals surface area contributed by atoms with Crippen LogP contribution >= 0.6 is 0 Å². The van der Waals surface area contributed by atoms with E-state index in [9.17, 15) is 0 Å². The first-order valence-electron chi connectivity index (χ1n) is 3.89. The minimum Gasteiger partial charge on any atom is -0.378 e. The van der Waals surface area contributed by atoms with Gasteiger partial charge in [-0.25, -0.2) is 0 Å². The van der Waals surface area contributed by atoms with Gasteiger partial charge >= 0.3 is 0 Å². The Bertz CT molecular complexity index is 162. The number of likely N-dealkylation sites (N-methyl/N-ethyl adjacent to an activating group) is 1. The molecule has 12 heavy (non-hydrogen) atoms. The molecule has 0 aromatic rings. The number of hydrogen-bond donors (Lipinski definition) is 2. The van der Waals surface area contributed by atoms with E-state index in [1.54, 1.807) is 0 Å². The molecule has 0 saturated carbocycles. The topological polar surface area (TPSA) is 89.2 Å². The molecule has 1 fully saturated rings. The van der Waals surface area contributed by atoms with Gasteiger partial charge in [-0.05, 0) is 7.05 Å². The lowest BCUT2D eigenvalue weighted by atomic mass is 10.2. The first-order valence-corrected chi connectivity index (χ1v) is 3.89. The highest BCUT2D eigenvalue weighted by atomic mass is 16.5. The van der Waals surface area contributed by atoms with Crippen LogP contribution in [0.15, 0.2) is 10.3 Å². The van der Waals surface area contributed by atoms with Crippen molar-refractivity contribution in [2.75, 3.05) is 26.8 Å². The highest BCUT2D eigenvalue weighted by Crippen LogP contribution is 2.07. The van der Waals surface area contributed by atoms with E-state index < -0.39 is 0 Å². The molecule has 2 atom stereocenters. The van der Waals surface area contributed by atoms with Gasteiger partial charge < -0.3 is 16.3 Å². The van der Waals surface area contributed by atoms with Crippen molar-refractivity contribution in [2.45, 2.75) is 12.2 Å². The van der Waals surface area contributed by atoms with Crippen LogP contribution in [0, 0.1) is 0 Å². The van der Waals surface area contributed by atoms with Crippen LogP contribution < -0.4 is 11.6 Å². The number of hydrogen-bond acceptors (Lipinski definition) is 5. The molecule has 0 aromatic heterocycles. The van der Waals surface area contributed by atoms with Crippen molar-refractivity contribution >= 4 is 0 Å². The summed E-state index contributed by atoms with van der Waals surface area (Å²) in [6, 6.07) is 0.0889. The molecule has 1 aliphatic rings. The lowest BCUT2D eigenvalue weighted by Crippen LogP contribution is -2.52. The molecule has 2 unspecified atom stereocenters. The molecule has 0 radical (unpaired) electrons. The Labute approximate surface area is 71.5 Å². The third kappa shape index (κ3) is 2.13. The molecule has 0 amide bonds. The van der Waals surface area contributed by atoms with Gasteiger partial charge in [0, 0.05) is 6.54 Å². The highest BCUT2D eigenvalue weighted by Gasteiger charge is 2.25. The van der Waals surface area contributed by atoms with Crippen molar-refractivity contribution in [3.8, 4) is 0 Å². The predicted octanol–water partition coefficient (Wildman–Crippen LogP) is -1.07. The molecule has 0 aromatic carbocycles. The minimum absolute atomic E-state index is 0.0889. The molecule has 1 aliphatic heterocycles. The van der Waals surface area contributed by atoms with Gasteiger partial charge in [0.2, 0.25) is 0 Å². The molecule has 0 bridgehead atoms. The summed E-state index contributed by atoms with van der Waals surface area (Å²) in [6.45, 7) is 2.22. The molecular weight excluding hydrogens is 158 g/mol. The Morgan fingerprint density at radius 2 is 2.42 bits per heavy atom. The fourth-order valence-electron chi connectivity index (χ4n) is 1.22. The zero-order valence-corrected chi connectivity index (χ0v) is 7.18. The van der Waals surface area contributed by atoms with Gasteiger partial charge in [0.15, 0.2) is 0 Å². The molecule has 4 N–H and O–H groups in total. The maximum Gasteiger partial charge on any atom is 0.138 e. The summed E-state index contributed by atoms with van der Waals surface area (Å²) < 4.78 is 5.26. The average Bonchev–Trinajstić information content (AvgIpc) is 2.05. The van der Waals surface area contributed by atoms with Crippen LogP contribution in [0.3, 0.4) is 0 Å². The van der Waals surface area contributed by atoms with Crippen LogP contribution in [-0.4, -0.2) is 43.9 Å². The fourth-order valence-corrected chi connectivity index (χ4v) is 1.22. The third-order valence-electron chi connectivity index (χ3n) is 2.04. The molecule has 1 heterocycles. The number of nitrogens with zero attached hydrogens (tertiary/aromatic N) is 3. The summed E-state index contributed by atoms with van der Waals surface area (Å²) in [5, 5.41) is 6.82. The average molecular weight is 173 g/mol. The smallest absolute Gasteiger partial charge is 0.138 e. The Kier molecular flexibility index (Phi) is 3.39. The Morgan fingerprint density at radius 1 is 1.67 bits per heavy atom. The van der Waals surface area contributed by atoms with E-state index in [0.717, 1.165) is 13.2 Å². The molecular formula is C6H15N5O. The lowest BCUT2D eigenvalue weighted by Gasteiger charge is -2.33. The van der Waals surface area contributed by atoms with Gasteiger partial charge in [0.25, 0.3) is 0 Å². The third-order valence-corrected chi connectivity index (χ3v) is 2.04. The van der Waals surface area contributed by atoms with Crippen molar-refractivity contribution in [1.29, 1.82) is 0 Å². The highest BCUT2D eigenvalue weighted by molar-refractivity contribution is 4.80. The van der Waals surface area contributed by atoms with Crippen molar-refractivity contribution < 1.29 is 4.74 Å². The van der Waals surface area contributed by atoms with Crippen LogP contribution in [0.2, 0.25) is 0 Å². The van der Waals surface area contributed by atoms with Gasteiger partial charge in [-0.2, -0.15) is 5.11 Å². The second kappa shape index (κ2) is 4.34. The summed E-state index contributed by atoms with van der Waals surface area (Å²) in [4.78, 5) is 2.10. The van der Waals surface area contributed by atoms with E-state index in [4.69, 9.17) is 16.3 Å². The zero-order valence-electron chi connectivity index (χ0n) is 7.18. The summed E-state index contributed by atoms with van der Waals surface area (Å²) in [5.74, 6) is 4.90. The van der Waals surface area contributed by atoms with Crippen LogP contribution in [0.1, 0.15) is 0 Å². The SMILES string of the molecule is CN1CCOCC1C(N)/N=N\N. The maximum absolute atomic E-state index is 5.69. The van der Waals surface area contributed by atoms with Crippen LogP contribution in [-0.2, 0) is 4.74 Å². The molecule has 1 saturated heterocycles. The second-order valence-electron chi connectivity index (χ2n) is 2.84. The van der Waals surface area contributed by atoms with Gasteiger partial charge in [0.05, 0.1) is 19.3 Å². The van der Waals surface area contributed by atoms with Crippen LogP contribution in [0.25, 0.3) is 0 Å². The first-order chi connectivity index (χ1) is 5.75. The van der Waals surface area contributed by atoms with E-state index in [1.807, 2.05) is 7.05 Å². The Hall–Kier alpha value is -0.720. The normalized spacial score (nSPS) is 29.3. The predicted molar refractivity (Wildman–Crippen MR) is 44.3 cm³/mol. The van der Waals surface area contributed by atoms with E-state index in [1.165, 1.54) is 0 Å². The number of rotatable bonds is 2. The van der Waals surface area contributed by atoms with Crippen molar-refractivity contribution in [3.05, 3.63) is 0 Å². The van der Waals surface area contributed by atoms with Crippen LogP contribution in [0.5, 0.6) is 0 Å². The van der Waals surface area contributed by atoms with E-state index in [0.29, 0.717) is 6.61 Å². The van der Waals surface area contributed by atoms with E-state index in [-0.39, 0.29) is 12.2 Å². The van der Waals surface area contributed by atoms with Crippen molar-refractivity contribution in [3.63, 3.8) is 0 Å². The van der Waals surface area contributed by atoms with E-state index >= 15 is 0 Å².